The molecule has 0 aliphatic carbocycles. The van der Waals surface area contributed by atoms with Gasteiger partial charge in [-0.1, -0.05) is 0 Å². The van der Waals surface area contributed by atoms with Crippen LogP contribution in [0.1, 0.15) is 21.1 Å². The van der Waals surface area contributed by atoms with Crippen molar-refractivity contribution in [2.45, 2.75) is 13.5 Å². The fraction of sp³-hybridized carbons (Fsp3) is 0.231. The summed E-state index contributed by atoms with van der Waals surface area (Å²) in [6, 6.07) is 5.04. The van der Waals surface area contributed by atoms with Crippen molar-refractivity contribution in [3.05, 3.63) is 39.8 Å². The van der Waals surface area contributed by atoms with E-state index in [0.717, 1.165) is 16.4 Å². The maximum atomic E-state index is 11.2. The van der Waals surface area contributed by atoms with Gasteiger partial charge in [-0.25, -0.2) is 4.98 Å². The number of rotatable bonds is 5. The SMILES string of the molecule is COc1ccc(C(N)=O)cc1NCc1csc(C)n1. The van der Waals surface area contributed by atoms with E-state index in [1.165, 1.54) is 0 Å². The summed E-state index contributed by atoms with van der Waals surface area (Å²) in [5, 5.41) is 6.22. The number of primary amides is 1. The zero-order chi connectivity index (χ0) is 13.8. The minimum atomic E-state index is -0.463. The summed E-state index contributed by atoms with van der Waals surface area (Å²) in [5.41, 5.74) is 7.39. The van der Waals surface area contributed by atoms with Gasteiger partial charge in [0.1, 0.15) is 5.75 Å². The monoisotopic (exact) mass is 277 g/mol. The Morgan fingerprint density at radius 3 is 2.89 bits per heavy atom. The van der Waals surface area contributed by atoms with Crippen molar-refractivity contribution in [3.63, 3.8) is 0 Å². The molecule has 1 amide bonds. The molecule has 0 spiro atoms. The van der Waals surface area contributed by atoms with Crippen LogP contribution in [0.4, 0.5) is 5.69 Å². The standard InChI is InChI=1S/C13H15N3O2S/c1-8-16-10(7-19-8)6-15-11-5-9(13(14)17)3-4-12(11)18-2/h3-5,7,15H,6H2,1-2H3,(H2,14,17). The zero-order valence-electron chi connectivity index (χ0n) is 10.8. The Morgan fingerprint density at radius 1 is 1.53 bits per heavy atom. The lowest BCUT2D eigenvalue weighted by Crippen LogP contribution is -2.11. The summed E-state index contributed by atoms with van der Waals surface area (Å²) in [5.74, 6) is 0.201. The number of carbonyl (C=O) groups is 1. The molecule has 0 radical (unpaired) electrons. The van der Waals surface area contributed by atoms with Crippen LogP contribution >= 0.6 is 11.3 Å². The van der Waals surface area contributed by atoms with Gasteiger partial charge in [0.05, 0.1) is 30.0 Å². The quantitative estimate of drug-likeness (QED) is 0.878. The number of aromatic nitrogens is 1. The van der Waals surface area contributed by atoms with Gasteiger partial charge in [-0.15, -0.1) is 11.3 Å². The Hall–Kier alpha value is -2.08. The third-order valence-corrected chi connectivity index (χ3v) is 3.43. The van der Waals surface area contributed by atoms with E-state index in [1.54, 1.807) is 36.6 Å². The number of methoxy groups -OCH3 is 1. The second kappa shape index (κ2) is 5.71. The molecule has 0 aliphatic heterocycles. The van der Waals surface area contributed by atoms with Gasteiger partial charge in [-0.3, -0.25) is 4.79 Å². The Kier molecular flexibility index (Phi) is 4.01. The molecule has 0 saturated carbocycles. The molecule has 0 fully saturated rings. The Labute approximate surface area is 115 Å². The van der Waals surface area contributed by atoms with Crippen molar-refractivity contribution >= 4 is 22.9 Å². The van der Waals surface area contributed by atoms with Crippen LogP contribution in [0.5, 0.6) is 5.75 Å². The molecular weight excluding hydrogens is 262 g/mol. The summed E-state index contributed by atoms with van der Waals surface area (Å²) in [6.45, 7) is 2.53. The molecule has 2 aromatic rings. The molecule has 19 heavy (non-hydrogen) atoms. The van der Waals surface area contributed by atoms with Gasteiger partial charge in [0, 0.05) is 10.9 Å². The highest BCUT2D eigenvalue weighted by Crippen LogP contribution is 2.26. The van der Waals surface area contributed by atoms with Crippen LogP contribution in [0.25, 0.3) is 0 Å². The molecule has 100 valence electrons. The number of amides is 1. The first-order chi connectivity index (χ1) is 9.10. The largest absolute Gasteiger partial charge is 0.495 e. The van der Waals surface area contributed by atoms with E-state index in [4.69, 9.17) is 10.5 Å². The van der Waals surface area contributed by atoms with E-state index < -0.39 is 5.91 Å². The molecule has 0 atom stereocenters. The predicted molar refractivity (Wildman–Crippen MR) is 75.7 cm³/mol. The summed E-state index contributed by atoms with van der Waals surface area (Å²) < 4.78 is 5.24. The maximum Gasteiger partial charge on any atom is 0.248 e. The molecule has 1 aromatic carbocycles. The molecule has 1 aromatic heterocycles. The Balaban J connectivity index is 2.17. The van der Waals surface area contributed by atoms with Crippen LogP contribution in [0.2, 0.25) is 0 Å². The van der Waals surface area contributed by atoms with Crippen molar-refractivity contribution < 1.29 is 9.53 Å². The lowest BCUT2D eigenvalue weighted by atomic mass is 10.1. The molecular formula is C13H15N3O2S. The number of benzene rings is 1. The molecule has 3 N–H and O–H groups in total. The van der Waals surface area contributed by atoms with Gasteiger partial charge in [0.15, 0.2) is 0 Å². The average Bonchev–Trinajstić information content (AvgIpc) is 2.81. The van der Waals surface area contributed by atoms with Crippen molar-refractivity contribution in [1.29, 1.82) is 0 Å². The number of ether oxygens (including phenoxy) is 1. The molecule has 1 heterocycles. The Morgan fingerprint density at radius 2 is 2.32 bits per heavy atom. The minimum Gasteiger partial charge on any atom is -0.495 e. The van der Waals surface area contributed by atoms with Crippen LogP contribution in [-0.2, 0) is 6.54 Å². The zero-order valence-corrected chi connectivity index (χ0v) is 11.6. The van der Waals surface area contributed by atoms with Crippen LogP contribution in [0.3, 0.4) is 0 Å². The third kappa shape index (κ3) is 3.23. The van der Waals surface area contributed by atoms with Gasteiger partial charge in [0.2, 0.25) is 5.91 Å². The lowest BCUT2D eigenvalue weighted by Gasteiger charge is -2.11. The van der Waals surface area contributed by atoms with Gasteiger partial charge in [-0.05, 0) is 25.1 Å². The molecule has 0 saturated heterocycles. The topological polar surface area (TPSA) is 77.2 Å². The van der Waals surface area contributed by atoms with Crippen LogP contribution in [0.15, 0.2) is 23.6 Å². The molecule has 0 unspecified atom stereocenters. The predicted octanol–water partition coefficient (Wildman–Crippen LogP) is 2.17. The lowest BCUT2D eigenvalue weighted by molar-refractivity contribution is 0.100. The van der Waals surface area contributed by atoms with Crippen molar-refractivity contribution in [2.75, 3.05) is 12.4 Å². The first kappa shape index (κ1) is 13.4. The number of anilines is 1. The first-order valence-electron chi connectivity index (χ1n) is 5.73. The van der Waals surface area contributed by atoms with E-state index >= 15 is 0 Å². The highest BCUT2D eigenvalue weighted by atomic mass is 32.1. The summed E-state index contributed by atoms with van der Waals surface area (Å²) in [4.78, 5) is 15.5. The number of carbonyl (C=O) groups excluding carboxylic acids is 1. The molecule has 2 rings (SSSR count). The third-order valence-electron chi connectivity index (χ3n) is 2.61. The molecule has 0 aliphatic rings. The fourth-order valence-electron chi connectivity index (χ4n) is 1.67. The fourth-order valence-corrected chi connectivity index (χ4v) is 2.29. The van der Waals surface area contributed by atoms with E-state index in [2.05, 4.69) is 10.3 Å². The number of nitrogens with zero attached hydrogens (tertiary/aromatic N) is 1. The summed E-state index contributed by atoms with van der Waals surface area (Å²) in [7, 11) is 1.58. The molecule has 6 heteroatoms. The number of thiazole rings is 1. The van der Waals surface area contributed by atoms with Crippen molar-refractivity contribution in [2.24, 2.45) is 5.73 Å². The second-order valence-corrected chi connectivity index (χ2v) is 5.05. The van der Waals surface area contributed by atoms with Gasteiger partial charge in [0.25, 0.3) is 0 Å². The average molecular weight is 277 g/mol. The van der Waals surface area contributed by atoms with Crippen LogP contribution < -0.4 is 15.8 Å². The summed E-state index contributed by atoms with van der Waals surface area (Å²) in [6.07, 6.45) is 0. The van der Waals surface area contributed by atoms with Crippen molar-refractivity contribution in [1.82, 2.24) is 4.98 Å². The van der Waals surface area contributed by atoms with E-state index in [0.29, 0.717) is 17.9 Å². The van der Waals surface area contributed by atoms with E-state index in [-0.39, 0.29) is 0 Å². The number of nitrogens with two attached hydrogens (primary N) is 1. The number of nitrogens with one attached hydrogen (secondary N) is 1. The highest BCUT2D eigenvalue weighted by molar-refractivity contribution is 7.09. The summed E-state index contributed by atoms with van der Waals surface area (Å²) >= 11 is 1.60. The van der Waals surface area contributed by atoms with Crippen LogP contribution in [0, 0.1) is 6.92 Å². The van der Waals surface area contributed by atoms with Gasteiger partial charge >= 0.3 is 0 Å². The number of hydrogen-bond acceptors (Lipinski definition) is 5. The van der Waals surface area contributed by atoms with E-state index in [9.17, 15) is 4.79 Å². The highest BCUT2D eigenvalue weighted by Gasteiger charge is 2.08. The molecule has 0 bridgehead atoms. The number of aryl methyl sites for hydroxylation is 1. The van der Waals surface area contributed by atoms with Gasteiger partial charge in [-0.2, -0.15) is 0 Å². The number of hydrogen-bond donors (Lipinski definition) is 2. The normalized spacial score (nSPS) is 10.2. The Bertz CT molecular complexity index is 595. The first-order valence-corrected chi connectivity index (χ1v) is 6.61. The van der Waals surface area contributed by atoms with E-state index in [1.807, 2.05) is 12.3 Å². The minimum absolute atomic E-state index is 0.442. The smallest absolute Gasteiger partial charge is 0.248 e. The van der Waals surface area contributed by atoms with Gasteiger partial charge < -0.3 is 15.8 Å². The molecule has 5 nitrogen and oxygen atoms in total. The second-order valence-electron chi connectivity index (χ2n) is 3.99. The maximum absolute atomic E-state index is 11.2. The van der Waals surface area contributed by atoms with Crippen molar-refractivity contribution in [3.8, 4) is 5.75 Å². The van der Waals surface area contributed by atoms with Crippen LogP contribution in [-0.4, -0.2) is 18.0 Å².